The maximum Gasteiger partial charge on any atom is 0.227 e. The standard InChI is InChI=1S/C23H26N4O2/c1-16-25-20-9-4-5-10-21(20)27(16)14-6-13-24-22(28)12-11-18-15-17-7-2-3-8-19(17)26-23(18)29/h2-5,7-10,18H,6,11-15H2,1H3,(H,24,28)(H,26,29)/t18-/m1/s1. The highest BCUT2D eigenvalue weighted by atomic mass is 16.2. The Balaban J connectivity index is 1.22. The third-order valence-electron chi connectivity index (χ3n) is 5.56. The molecular formula is C23H26N4O2. The highest BCUT2D eigenvalue weighted by molar-refractivity contribution is 5.96. The third kappa shape index (κ3) is 4.31. The van der Waals surface area contributed by atoms with Gasteiger partial charge >= 0.3 is 0 Å². The molecule has 29 heavy (non-hydrogen) atoms. The first kappa shape index (κ1) is 19.2. The van der Waals surface area contributed by atoms with Gasteiger partial charge in [-0.25, -0.2) is 4.98 Å². The van der Waals surface area contributed by atoms with Crippen molar-refractivity contribution in [1.29, 1.82) is 0 Å². The molecule has 0 saturated heterocycles. The minimum absolute atomic E-state index is 0.00358. The molecule has 0 fully saturated rings. The number of carbonyl (C=O) groups is 2. The summed E-state index contributed by atoms with van der Waals surface area (Å²) in [6.45, 7) is 3.44. The molecule has 6 nitrogen and oxygen atoms in total. The van der Waals surface area contributed by atoms with Gasteiger partial charge < -0.3 is 15.2 Å². The number of aromatic nitrogens is 2. The lowest BCUT2D eigenvalue weighted by Gasteiger charge is -2.24. The van der Waals surface area contributed by atoms with Crippen molar-refractivity contribution >= 4 is 28.5 Å². The molecule has 2 N–H and O–H groups in total. The summed E-state index contributed by atoms with van der Waals surface area (Å²) >= 11 is 0. The number of para-hydroxylation sites is 3. The molecular weight excluding hydrogens is 364 g/mol. The quantitative estimate of drug-likeness (QED) is 0.607. The highest BCUT2D eigenvalue weighted by Gasteiger charge is 2.26. The first-order chi connectivity index (χ1) is 14.1. The van der Waals surface area contributed by atoms with Crippen LogP contribution in [0, 0.1) is 12.8 Å². The van der Waals surface area contributed by atoms with E-state index in [2.05, 4.69) is 26.3 Å². The molecule has 1 aliphatic heterocycles. The summed E-state index contributed by atoms with van der Waals surface area (Å²) in [5.74, 6) is 0.861. The Morgan fingerprint density at radius 1 is 1.21 bits per heavy atom. The van der Waals surface area contributed by atoms with Crippen molar-refractivity contribution in [2.45, 2.75) is 39.2 Å². The summed E-state index contributed by atoms with van der Waals surface area (Å²) in [6, 6.07) is 15.9. The van der Waals surface area contributed by atoms with E-state index in [4.69, 9.17) is 0 Å². The molecule has 1 aromatic heterocycles. The van der Waals surface area contributed by atoms with Gasteiger partial charge in [-0.05, 0) is 49.9 Å². The fourth-order valence-electron chi connectivity index (χ4n) is 3.98. The zero-order valence-electron chi connectivity index (χ0n) is 16.6. The van der Waals surface area contributed by atoms with Gasteiger partial charge in [-0.3, -0.25) is 9.59 Å². The van der Waals surface area contributed by atoms with E-state index in [-0.39, 0.29) is 17.7 Å². The Morgan fingerprint density at radius 3 is 2.90 bits per heavy atom. The smallest absolute Gasteiger partial charge is 0.227 e. The number of imidazole rings is 1. The zero-order chi connectivity index (χ0) is 20.2. The van der Waals surface area contributed by atoms with E-state index < -0.39 is 0 Å². The molecule has 4 rings (SSSR count). The molecule has 2 amide bonds. The fraction of sp³-hybridized carbons (Fsp3) is 0.348. The Morgan fingerprint density at radius 2 is 2.00 bits per heavy atom. The van der Waals surface area contributed by atoms with Crippen LogP contribution in [0.3, 0.4) is 0 Å². The topological polar surface area (TPSA) is 76.0 Å². The summed E-state index contributed by atoms with van der Waals surface area (Å²) in [7, 11) is 0. The predicted molar refractivity (Wildman–Crippen MR) is 114 cm³/mol. The zero-order valence-corrected chi connectivity index (χ0v) is 16.6. The van der Waals surface area contributed by atoms with Crippen LogP contribution < -0.4 is 10.6 Å². The molecule has 0 bridgehead atoms. The van der Waals surface area contributed by atoms with E-state index in [1.165, 1.54) is 0 Å². The second kappa shape index (κ2) is 8.47. The second-order valence-electron chi connectivity index (χ2n) is 7.59. The van der Waals surface area contributed by atoms with Crippen molar-refractivity contribution < 1.29 is 9.59 Å². The first-order valence-corrected chi connectivity index (χ1v) is 10.2. The van der Waals surface area contributed by atoms with Crippen LogP contribution >= 0.6 is 0 Å². The van der Waals surface area contributed by atoms with Gasteiger partial charge in [-0.2, -0.15) is 0 Å². The molecule has 0 aliphatic carbocycles. The lowest BCUT2D eigenvalue weighted by Crippen LogP contribution is -2.32. The van der Waals surface area contributed by atoms with Crippen molar-refractivity contribution in [3.05, 3.63) is 59.9 Å². The molecule has 2 heterocycles. The van der Waals surface area contributed by atoms with E-state index in [0.717, 1.165) is 41.1 Å². The number of anilines is 1. The fourth-order valence-corrected chi connectivity index (χ4v) is 3.98. The van der Waals surface area contributed by atoms with Crippen LogP contribution in [0.5, 0.6) is 0 Å². The van der Waals surface area contributed by atoms with Crippen LogP contribution in [-0.2, 0) is 22.6 Å². The summed E-state index contributed by atoms with van der Waals surface area (Å²) in [5.41, 5.74) is 4.15. The number of hydrogen-bond acceptors (Lipinski definition) is 3. The van der Waals surface area contributed by atoms with Crippen LogP contribution in [0.15, 0.2) is 48.5 Å². The number of aryl methyl sites for hydroxylation is 2. The Kier molecular flexibility index (Phi) is 5.60. The van der Waals surface area contributed by atoms with Crippen LogP contribution in [0.25, 0.3) is 11.0 Å². The van der Waals surface area contributed by atoms with Crippen molar-refractivity contribution in [3.63, 3.8) is 0 Å². The molecule has 0 saturated carbocycles. The van der Waals surface area contributed by atoms with Gasteiger partial charge in [-0.15, -0.1) is 0 Å². The van der Waals surface area contributed by atoms with Crippen LogP contribution in [-0.4, -0.2) is 27.9 Å². The average molecular weight is 390 g/mol. The third-order valence-corrected chi connectivity index (χ3v) is 5.56. The maximum absolute atomic E-state index is 12.2. The van der Waals surface area contributed by atoms with E-state index in [1.54, 1.807) is 0 Å². The van der Waals surface area contributed by atoms with Crippen LogP contribution in [0.1, 0.15) is 30.7 Å². The Labute approximate surface area is 170 Å². The van der Waals surface area contributed by atoms with Crippen molar-refractivity contribution in [2.24, 2.45) is 5.92 Å². The number of fused-ring (bicyclic) bond motifs is 2. The van der Waals surface area contributed by atoms with E-state index in [0.29, 0.717) is 25.8 Å². The number of rotatable bonds is 7. The van der Waals surface area contributed by atoms with E-state index in [9.17, 15) is 9.59 Å². The number of benzene rings is 2. The summed E-state index contributed by atoms with van der Waals surface area (Å²) in [6.07, 6.45) is 2.47. The Hall–Kier alpha value is -3.15. The first-order valence-electron chi connectivity index (χ1n) is 10.2. The van der Waals surface area contributed by atoms with Crippen LogP contribution in [0.4, 0.5) is 5.69 Å². The molecule has 0 radical (unpaired) electrons. The van der Waals surface area contributed by atoms with Gasteiger partial charge in [0.25, 0.3) is 0 Å². The van der Waals surface area contributed by atoms with Crippen LogP contribution in [0.2, 0.25) is 0 Å². The average Bonchev–Trinajstić information content (AvgIpc) is 3.04. The molecule has 1 aliphatic rings. The lowest BCUT2D eigenvalue weighted by atomic mass is 9.89. The number of nitrogens with one attached hydrogen (secondary N) is 2. The van der Waals surface area contributed by atoms with E-state index >= 15 is 0 Å². The largest absolute Gasteiger partial charge is 0.356 e. The highest BCUT2D eigenvalue weighted by Crippen LogP contribution is 2.27. The molecule has 6 heteroatoms. The summed E-state index contributed by atoms with van der Waals surface area (Å²) in [4.78, 5) is 29.0. The van der Waals surface area contributed by atoms with Gasteiger partial charge in [0.2, 0.25) is 11.8 Å². The SMILES string of the molecule is Cc1nc2ccccc2n1CCCNC(=O)CC[C@@H]1Cc2ccccc2NC1=O. The second-order valence-corrected chi connectivity index (χ2v) is 7.59. The molecule has 3 aromatic rings. The molecule has 0 spiro atoms. The lowest BCUT2D eigenvalue weighted by molar-refractivity contribution is -0.122. The number of amides is 2. The number of hydrogen-bond donors (Lipinski definition) is 2. The normalized spacial score (nSPS) is 15.8. The molecule has 150 valence electrons. The molecule has 1 atom stereocenters. The summed E-state index contributed by atoms with van der Waals surface area (Å²) in [5, 5.41) is 5.92. The molecule has 2 aromatic carbocycles. The molecule has 0 unspecified atom stereocenters. The Bertz CT molecular complexity index is 1040. The maximum atomic E-state index is 12.2. The minimum atomic E-state index is -0.143. The van der Waals surface area contributed by atoms with Gasteiger partial charge in [0.05, 0.1) is 11.0 Å². The summed E-state index contributed by atoms with van der Waals surface area (Å²) < 4.78 is 2.19. The van der Waals surface area contributed by atoms with Gasteiger partial charge in [-0.1, -0.05) is 30.3 Å². The van der Waals surface area contributed by atoms with Crippen molar-refractivity contribution in [1.82, 2.24) is 14.9 Å². The van der Waals surface area contributed by atoms with Gasteiger partial charge in [0, 0.05) is 31.1 Å². The van der Waals surface area contributed by atoms with Crippen molar-refractivity contribution in [3.8, 4) is 0 Å². The van der Waals surface area contributed by atoms with Gasteiger partial charge in [0.15, 0.2) is 0 Å². The predicted octanol–water partition coefficient (Wildman–Crippen LogP) is 3.44. The van der Waals surface area contributed by atoms with Gasteiger partial charge in [0.1, 0.15) is 5.82 Å². The van der Waals surface area contributed by atoms with E-state index in [1.807, 2.05) is 49.4 Å². The number of carbonyl (C=O) groups excluding carboxylic acids is 2. The minimum Gasteiger partial charge on any atom is -0.356 e. The number of nitrogens with zero attached hydrogens (tertiary/aromatic N) is 2. The van der Waals surface area contributed by atoms with Crippen molar-refractivity contribution in [2.75, 3.05) is 11.9 Å². The monoisotopic (exact) mass is 390 g/mol.